The molecule has 0 unspecified atom stereocenters. The van der Waals surface area contributed by atoms with Crippen LogP contribution in [0.25, 0.3) is 0 Å². The molecule has 6 rings (SSSR count). The zero-order valence-corrected chi connectivity index (χ0v) is 18.6. The predicted molar refractivity (Wildman–Crippen MR) is 126 cm³/mol. The van der Waals surface area contributed by atoms with E-state index in [1.807, 2.05) is 0 Å². The predicted octanol–water partition coefficient (Wildman–Crippen LogP) is 5.49. The molecular weight excluding hydrogens is 388 g/mol. The molecule has 2 atom stereocenters. The number of thiophene rings is 1. The van der Waals surface area contributed by atoms with Gasteiger partial charge in [0.1, 0.15) is 5.00 Å². The standard InChI is InChI=1S/C26H30N2OS/c1-27(26-22(29-2)15-18-30-26)24-21-13-16-28(17-14-21)25(24)23(19-9-5-3-6-10-19)20-11-7-4-8-12-20/h3-12,15,18,21,23-25H,13-14,16-17H2,1-2H3/t24-,25-/m1/s1. The number of hydrogen-bond acceptors (Lipinski definition) is 4. The van der Waals surface area contributed by atoms with E-state index in [9.17, 15) is 0 Å². The third kappa shape index (κ3) is 3.42. The van der Waals surface area contributed by atoms with Crippen molar-refractivity contribution >= 4 is 16.3 Å². The van der Waals surface area contributed by atoms with Crippen LogP contribution in [0.4, 0.5) is 5.00 Å². The first-order chi connectivity index (χ1) is 14.8. The summed E-state index contributed by atoms with van der Waals surface area (Å²) in [7, 11) is 4.06. The normalized spacial score (nSPS) is 25.4. The van der Waals surface area contributed by atoms with Gasteiger partial charge in [-0.1, -0.05) is 60.7 Å². The van der Waals surface area contributed by atoms with Crippen molar-refractivity contribution in [2.45, 2.75) is 30.8 Å². The lowest BCUT2D eigenvalue weighted by atomic mass is 9.70. The number of piperidine rings is 3. The summed E-state index contributed by atoms with van der Waals surface area (Å²) in [5.74, 6) is 2.06. The molecule has 0 aliphatic carbocycles. The zero-order valence-electron chi connectivity index (χ0n) is 17.8. The third-order valence-electron chi connectivity index (χ3n) is 7.08. The quantitative estimate of drug-likeness (QED) is 0.527. The second kappa shape index (κ2) is 8.44. The zero-order chi connectivity index (χ0) is 20.5. The van der Waals surface area contributed by atoms with E-state index in [1.165, 1.54) is 42.1 Å². The summed E-state index contributed by atoms with van der Waals surface area (Å²) >= 11 is 1.79. The highest BCUT2D eigenvalue weighted by Crippen LogP contribution is 2.46. The van der Waals surface area contributed by atoms with Gasteiger partial charge in [-0.15, -0.1) is 11.3 Å². The van der Waals surface area contributed by atoms with E-state index >= 15 is 0 Å². The molecule has 2 aromatic carbocycles. The lowest BCUT2D eigenvalue weighted by molar-refractivity contribution is 0.0187. The fraction of sp³-hybridized carbons (Fsp3) is 0.385. The Morgan fingerprint density at radius 3 is 2.10 bits per heavy atom. The van der Waals surface area contributed by atoms with Crippen molar-refractivity contribution in [3.8, 4) is 5.75 Å². The lowest BCUT2D eigenvalue weighted by Crippen LogP contribution is -2.64. The number of hydrogen-bond donors (Lipinski definition) is 0. The maximum Gasteiger partial charge on any atom is 0.153 e. The largest absolute Gasteiger partial charge is 0.494 e. The first kappa shape index (κ1) is 19.7. The second-order valence-corrected chi connectivity index (χ2v) is 9.45. The van der Waals surface area contributed by atoms with Crippen LogP contribution in [0.15, 0.2) is 72.1 Å². The van der Waals surface area contributed by atoms with Gasteiger partial charge >= 0.3 is 0 Å². The van der Waals surface area contributed by atoms with Gasteiger partial charge in [0, 0.05) is 25.0 Å². The molecule has 3 aliphatic heterocycles. The molecule has 0 saturated carbocycles. The summed E-state index contributed by atoms with van der Waals surface area (Å²) < 4.78 is 5.70. The average Bonchev–Trinajstić information content (AvgIpc) is 3.30. The van der Waals surface area contributed by atoms with E-state index in [4.69, 9.17) is 4.74 Å². The molecule has 0 radical (unpaired) electrons. The number of anilines is 1. The Balaban J connectivity index is 1.61. The van der Waals surface area contributed by atoms with E-state index in [1.54, 1.807) is 18.4 Å². The fourth-order valence-corrected chi connectivity index (χ4v) is 6.63. The SMILES string of the molecule is COc1ccsc1N(C)[C@@H]1C2CCN(CC2)[C@@H]1C(c1ccccc1)c1ccccc1. The number of methoxy groups -OCH3 is 1. The van der Waals surface area contributed by atoms with Crippen LogP contribution in [0.1, 0.15) is 29.9 Å². The topological polar surface area (TPSA) is 15.7 Å². The Bertz CT molecular complexity index is 910. The van der Waals surface area contributed by atoms with Crippen LogP contribution in [0, 0.1) is 5.92 Å². The monoisotopic (exact) mass is 418 g/mol. The van der Waals surface area contributed by atoms with Crippen LogP contribution in [0.3, 0.4) is 0 Å². The van der Waals surface area contributed by atoms with Crippen molar-refractivity contribution in [2.75, 3.05) is 32.1 Å². The first-order valence-corrected chi connectivity index (χ1v) is 11.8. The molecular formula is C26H30N2OS. The van der Waals surface area contributed by atoms with Gasteiger partial charge in [0.25, 0.3) is 0 Å². The Morgan fingerprint density at radius 2 is 1.53 bits per heavy atom. The Hall–Kier alpha value is -2.30. The number of rotatable bonds is 6. The highest BCUT2D eigenvalue weighted by Gasteiger charge is 2.48. The van der Waals surface area contributed by atoms with Gasteiger partial charge in [-0.25, -0.2) is 0 Å². The summed E-state index contributed by atoms with van der Waals surface area (Å²) in [6.45, 7) is 2.41. The van der Waals surface area contributed by atoms with Gasteiger partial charge in [-0.05, 0) is 54.4 Å². The average molecular weight is 419 g/mol. The van der Waals surface area contributed by atoms with Crippen molar-refractivity contribution in [1.29, 1.82) is 0 Å². The Labute approximate surface area is 183 Å². The molecule has 4 heteroatoms. The minimum atomic E-state index is 0.355. The molecule has 2 bridgehead atoms. The van der Waals surface area contributed by atoms with Gasteiger partial charge in [0.2, 0.25) is 0 Å². The molecule has 3 nitrogen and oxygen atoms in total. The van der Waals surface area contributed by atoms with E-state index < -0.39 is 0 Å². The number of benzene rings is 2. The second-order valence-electron chi connectivity index (χ2n) is 8.56. The highest BCUT2D eigenvalue weighted by atomic mass is 32.1. The maximum absolute atomic E-state index is 5.70. The number of ether oxygens (including phenoxy) is 1. The van der Waals surface area contributed by atoms with Crippen LogP contribution < -0.4 is 9.64 Å². The van der Waals surface area contributed by atoms with E-state index in [0.717, 1.165) is 5.75 Å². The molecule has 3 aromatic rings. The van der Waals surface area contributed by atoms with E-state index in [-0.39, 0.29) is 0 Å². The van der Waals surface area contributed by atoms with Crippen molar-refractivity contribution < 1.29 is 4.74 Å². The molecule has 3 aliphatic rings. The van der Waals surface area contributed by atoms with Crippen molar-refractivity contribution in [3.63, 3.8) is 0 Å². The number of nitrogens with zero attached hydrogens (tertiary/aromatic N) is 2. The Kier molecular flexibility index (Phi) is 5.53. The molecule has 3 fully saturated rings. The third-order valence-corrected chi connectivity index (χ3v) is 8.07. The smallest absolute Gasteiger partial charge is 0.153 e. The molecule has 4 heterocycles. The molecule has 30 heavy (non-hydrogen) atoms. The minimum absolute atomic E-state index is 0.355. The summed E-state index contributed by atoms with van der Waals surface area (Å²) in [4.78, 5) is 5.29. The molecule has 3 saturated heterocycles. The van der Waals surface area contributed by atoms with Gasteiger partial charge < -0.3 is 9.64 Å². The molecule has 1 aromatic heterocycles. The molecule has 0 spiro atoms. The minimum Gasteiger partial charge on any atom is -0.494 e. The van der Waals surface area contributed by atoms with Crippen LogP contribution in [0.5, 0.6) is 5.75 Å². The van der Waals surface area contributed by atoms with Crippen LogP contribution in [-0.2, 0) is 0 Å². The summed E-state index contributed by atoms with van der Waals surface area (Å²) in [5.41, 5.74) is 2.83. The Morgan fingerprint density at radius 1 is 0.933 bits per heavy atom. The van der Waals surface area contributed by atoms with Gasteiger partial charge in [0.05, 0.1) is 7.11 Å². The lowest BCUT2D eigenvalue weighted by Gasteiger charge is -2.56. The fourth-order valence-electron chi connectivity index (χ4n) is 5.75. The van der Waals surface area contributed by atoms with Crippen LogP contribution >= 0.6 is 11.3 Å². The van der Waals surface area contributed by atoms with Crippen molar-refractivity contribution in [2.24, 2.45) is 5.92 Å². The summed E-state index contributed by atoms with van der Waals surface area (Å²) in [6, 6.07) is 25.2. The van der Waals surface area contributed by atoms with Gasteiger partial charge in [-0.2, -0.15) is 0 Å². The summed E-state index contributed by atoms with van der Waals surface area (Å²) in [5, 5.41) is 3.40. The van der Waals surface area contributed by atoms with E-state index in [0.29, 0.717) is 23.9 Å². The molecule has 0 amide bonds. The van der Waals surface area contributed by atoms with Crippen LogP contribution in [0.2, 0.25) is 0 Å². The van der Waals surface area contributed by atoms with Gasteiger partial charge in [-0.3, -0.25) is 4.90 Å². The molecule has 156 valence electrons. The van der Waals surface area contributed by atoms with Crippen molar-refractivity contribution in [3.05, 3.63) is 83.2 Å². The van der Waals surface area contributed by atoms with Gasteiger partial charge in [0.15, 0.2) is 5.75 Å². The maximum atomic E-state index is 5.70. The highest BCUT2D eigenvalue weighted by molar-refractivity contribution is 7.14. The first-order valence-electron chi connectivity index (χ1n) is 11.0. The molecule has 0 N–H and O–H groups in total. The summed E-state index contributed by atoms with van der Waals surface area (Å²) in [6.07, 6.45) is 2.57. The van der Waals surface area contributed by atoms with Crippen LogP contribution in [-0.4, -0.2) is 44.2 Å². The van der Waals surface area contributed by atoms with E-state index in [2.05, 4.69) is 89.0 Å². The number of likely N-dealkylation sites (N-methyl/N-ethyl adjacent to an activating group) is 1. The number of fused-ring (bicyclic) bond motifs is 3. The van der Waals surface area contributed by atoms with Crippen molar-refractivity contribution in [1.82, 2.24) is 4.90 Å².